The number of para-hydroxylation sites is 2. The monoisotopic (exact) mass is 444 g/mol. The molecule has 0 saturated carbocycles. The number of hydrogen-bond acceptors (Lipinski definition) is 4. The molecule has 0 saturated heterocycles. The lowest BCUT2D eigenvalue weighted by Gasteiger charge is -2.13. The molecule has 0 fully saturated rings. The zero-order chi connectivity index (χ0) is 21.7. The van der Waals surface area contributed by atoms with E-state index in [1.165, 1.54) is 30.3 Å². The molecule has 156 valence electrons. The molecular weight excluding hydrogens is 424 g/mol. The normalized spacial score (nSPS) is 11.0. The molecule has 0 aliphatic heterocycles. The number of halogens is 1. The van der Waals surface area contributed by atoms with Crippen LogP contribution in [0.2, 0.25) is 5.02 Å². The van der Waals surface area contributed by atoms with Gasteiger partial charge >= 0.3 is 0 Å². The third-order valence-corrected chi connectivity index (χ3v) is 5.94. The third-order valence-electron chi connectivity index (χ3n) is 4.23. The van der Waals surface area contributed by atoms with E-state index in [1.54, 1.807) is 30.3 Å². The number of carbonyl (C=O) groups excluding carboxylic acids is 1. The minimum Gasteiger partial charge on any atom is -0.492 e. The molecule has 30 heavy (non-hydrogen) atoms. The summed E-state index contributed by atoms with van der Waals surface area (Å²) in [4.78, 5) is 12.8. The fraction of sp³-hybridized carbons (Fsp3) is 0.136. The van der Waals surface area contributed by atoms with Gasteiger partial charge in [-0.2, -0.15) is 0 Å². The van der Waals surface area contributed by atoms with Crippen molar-refractivity contribution in [3.05, 3.63) is 82.9 Å². The number of carbonyl (C=O) groups is 1. The smallest absolute Gasteiger partial charge is 0.261 e. The first kappa shape index (κ1) is 21.7. The Bertz CT molecular complexity index is 1160. The Morgan fingerprint density at radius 1 is 1.03 bits per heavy atom. The van der Waals surface area contributed by atoms with E-state index in [0.29, 0.717) is 18.0 Å². The van der Waals surface area contributed by atoms with E-state index >= 15 is 0 Å². The number of ether oxygens (including phenoxy) is 1. The van der Waals surface area contributed by atoms with Crippen LogP contribution in [-0.4, -0.2) is 20.9 Å². The maximum Gasteiger partial charge on any atom is 0.261 e. The average Bonchev–Trinajstić information content (AvgIpc) is 2.69. The largest absolute Gasteiger partial charge is 0.492 e. The van der Waals surface area contributed by atoms with Gasteiger partial charge in [0.05, 0.1) is 33.5 Å². The Kier molecular flexibility index (Phi) is 6.64. The Labute approximate surface area is 180 Å². The zero-order valence-corrected chi connectivity index (χ0v) is 18.0. The Morgan fingerprint density at radius 3 is 2.40 bits per heavy atom. The Morgan fingerprint density at radius 2 is 1.73 bits per heavy atom. The summed E-state index contributed by atoms with van der Waals surface area (Å²) >= 11 is 6.26. The molecule has 0 spiro atoms. The number of aryl methyl sites for hydroxylation is 1. The third kappa shape index (κ3) is 5.11. The molecule has 0 aromatic heterocycles. The molecule has 0 bridgehead atoms. The highest BCUT2D eigenvalue weighted by Gasteiger charge is 2.17. The number of sulfonamides is 1. The molecule has 0 radical (unpaired) electrons. The molecule has 3 rings (SSSR count). The lowest BCUT2D eigenvalue weighted by atomic mass is 10.2. The van der Waals surface area contributed by atoms with Gasteiger partial charge in [0.25, 0.3) is 15.9 Å². The Balaban J connectivity index is 1.78. The first-order chi connectivity index (χ1) is 14.3. The standard InChI is InChI=1S/C22H21ClN2O4S/c1-3-29-21-7-5-4-6-20(21)24-22(26)18-13-10-16(14-19(18)23)25-30(27,28)17-11-8-15(2)9-12-17/h4-14,25H,3H2,1-2H3,(H,24,26). The van der Waals surface area contributed by atoms with Crippen molar-refractivity contribution in [1.29, 1.82) is 0 Å². The van der Waals surface area contributed by atoms with Gasteiger partial charge in [0.2, 0.25) is 0 Å². The van der Waals surface area contributed by atoms with E-state index < -0.39 is 15.9 Å². The second-order valence-corrected chi connectivity index (χ2v) is 8.59. The van der Waals surface area contributed by atoms with Crippen LogP contribution in [0.4, 0.5) is 11.4 Å². The summed E-state index contributed by atoms with van der Waals surface area (Å²) in [6.07, 6.45) is 0. The number of nitrogens with one attached hydrogen (secondary N) is 2. The van der Waals surface area contributed by atoms with Crippen LogP contribution in [0.25, 0.3) is 0 Å². The fourth-order valence-corrected chi connectivity index (χ4v) is 4.05. The van der Waals surface area contributed by atoms with Crippen molar-refractivity contribution < 1.29 is 17.9 Å². The molecular formula is C22H21ClN2O4S. The van der Waals surface area contributed by atoms with Crippen molar-refractivity contribution in [2.45, 2.75) is 18.7 Å². The van der Waals surface area contributed by atoms with E-state index in [4.69, 9.17) is 16.3 Å². The predicted molar refractivity (Wildman–Crippen MR) is 119 cm³/mol. The topological polar surface area (TPSA) is 84.5 Å². The van der Waals surface area contributed by atoms with Gasteiger partial charge in [0.15, 0.2) is 0 Å². The van der Waals surface area contributed by atoms with E-state index in [1.807, 2.05) is 19.9 Å². The average molecular weight is 445 g/mol. The highest BCUT2D eigenvalue weighted by molar-refractivity contribution is 7.92. The zero-order valence-electron chi connectivity index (χ0n) is 16.5. The van der Waals surface area contributed by atoms with E-state index in [-0.39, 0.29) is 21.2 Å². The van der Waals surface area contributed by atoms with Gasteiger partial charge in [-0.15, -0.1) is 0 Å². The molecule has 2 N–H and O–H groups in total. The maximum atomic E-state index is 12.7. The van der Waals surface area contributed by atoms with Gasteiger partial charge < -0.3 is 10.1 Å². The maximum absolute atomic E-state index is 12.7. The van der Waals surface area contributed by atoms with Gasteiger partial charge in [0, 0.05) is 0 Å². The molecule has 3 aromatic carbocycles. The van der Waals surface area contributed by atoms with Crippen molar-refractivity contribution in [3.8, 4) is 5.75 Å². The summed E-state index contributed by atoms with van der Waals surface area (Å²) in [7, 11) is -3.77. The van der Waals surface area contributed by atoms with Crippen LogP contribution < -0.4 is 14.8 Å². The lowest BCUT2D eigenvalue weighted by Crippen LogP contribution is -2.15. The molecule has 6 nitrogen and oxygen atoms in total. The summed E-state index contributed by atoms with van der Waals surface area (Å²) in [5.74, 6) is 0.118. The van der Waals surface area contributed by atoms with Crippen LogP contribution in [0, 0.1) is 6.92 Å². The van der Waals surface area contributed by atoms with Gasteiger partial charge in [-0.25, -0.2) is 8.42 Å². The van der Waals surface area contributed by atoms with Crippen molar-refractivity contribution in [1.82, 2.24) is 0 Å². The van der Waals surface area contributed by atoms with Gasteiger partial charge in [-0.05, 0) is 56.3 Å². The molecule has 0 aliphatic carbocycles. The van der Waals surface area contributed by atoms with Gasteiger partial charge in [-0.1, -0.05) is 41.4 Å². The van der Waals surface area contributed by atoms with Gasteiger partial charge in [-0.3, -0.25) is 9.52 Å². The minimum atomic E-state index is -3.77. The van der Waals surface area contributed by atoms with Crippen LogP contribution in [0.15, 0.2) is 71.6 Å². The summed E-state index contributed by atoms with van der Waals surface area (Å²) in [5, 5.41) is 2.88. The Hall–Kier alpha value is -3.03. The SMILES string of the molecule is CCOc1ccccc1NC(=O)c1ccc(NS(=O)(=O)c2ccc(C)cc2)cc1Cl. The van der Waals surface area contributed by atoms with E-state index in [2.05, 4.69) is 10.0 Å². The van der Waals surface area contributed by atoms with Crippen molar-refractivity contribution in [3.63, 3.8) is 0 Å². The summed E-state index contributed by atoms with van der Waals surface area (Å²) in [6.45, 7) is 4.19. The highest BCUT2D eigenvalue weighted by Crippen LogP contribution is 2.27. The second kappa shape index (κ2) is 9.19. The van der Waals surface area contributed by atoms with Crippen LogP contribution in [-0.2, 0) is 10.0 Å². The highest BCUT2D eigenvalue weighted by atomic mass is 35.5. The van der Waals surface area contributed by atoms with E-state index in [0.717, 1.165) is 5.56 Å². The first-order valence-electron chi connectivity index (χ1n) is 9.22. The van der Waals surface area contributed by atoms with Crippen LogP contribution >= 0.6 is 11.6 Å². The number of hydrogen-bond donors (Lipinski definition) is 2. The lowest BCUT2D eigenvalue weighted by molar-refractivity contribution is 0.102. The molecule has 3 aromatic rings. The number of rotatable bonds is 7. The summed E-state index contributed by atoms with van der Waals surface area (Å²) < 4.78 is 33.0. The van der Waals surface area contributed by atoms with Crippen LogP contribution in [0.5, 0.6) is 5.75 Å². The molecule has 0 aliphatic rings. The minimum absolute atomic E-state index is 0.116. The van der Waals surface area contributed by atoms with Crippen molar-refractivity contribution in [2.75, 3.05) is 16.6 Å². The molecule has 1 amide bonds. The molecule has 0 atom stereocenters. The molecule has 8 heteroatoms. The number of benzene rings is 3. The summed E-state index contributed by atoms with van der Waals surface area (Å²) in [5.41, 5.74) is 1.94. The summed E-state index contributed by atoms with van der Waals surface area (Å²) in [6, 6.07) is 17.9. The second-order valence-electron chi connectivity index (χ2n) is 6.50. The number of anilines is 2. The molecule has 0 heterocycles. The fourth-order valence-electron chi connectivity index (χ4n) is 2.74. The van der Waals surface area contributed by atoms with Crippen LogP contribution in [0.1, 0.15) is 22.8 Å². The number of amides is 1. The molecule has 0 unspecified atom stereocenters. The van der Waals surface area contributed by atoms with Crippen molar-refractivity contribution in [2.24, 2.45) is 0 Å². The first-order valence-corrected chi connectivity index (χ1v) is 11.1. The van der Waals surface area contributed by atoms with E-state index in [9.17, 15) is 13.2 Å². The van der Waals surface area contributed by atoms with Crippen LogP contribution in [0.3, 0.4) is 0 Å². The predicted octanol–water partition coefficient (Wildman–Crippen LogP) is 5.10. The van der Waals surface area contributed by atoms with Gasteiger partial charge in [0.1, 0.15) is 5.75 Å². The van der Waals surface area contributed by atoms with Crippen molar-refractivity contribution >= 4 is 38.9 Å². The quantitative estimate of drug-likeness (QED) is 0.531.